The number of carbonyl (C=O) groups excluding carboxylic acids is 2. The molecule has 1 fully saturated rings. The first kappa shape index (κ1) is 14.2. The third-order valence-electron chi connectivity index (χ3n) is 3.94. The molecule has 0 bridgehead atoms. The van der Waals surface area contributed by atoms with Gasteiger partial charge in [0.15, 0.2) is 0 Å². The summed E-state index contributed by atoms with van der Waals surface area (Å²) in [7, 11) is 0. The fourth-order valence-corrected chi connectivity index (χ4v) is 2.81. The van der Waals surface area contributed by atoms with Gasteiger partial charge in [-0.1, -0.05) is 0 Å². The van der Waals surface area contributed by atoms with Gasteiger partial charge in [0.1, 0.15) is 12.3 Å². The standard InChI is InChI=1S/C15H14N2O5/c1-9-6-12-7-13(18)16(12)14(9)15(19)22-8-10-2-4-11(5-3-10)17(20)21/h2-5,12H,6-8H2,1H3/t12-/m1/s1. The van der Waals surface area contributed by atoms with Gasteiger partial charge in [-0.3, -0.25) is 14.9 Å². The van der Waals surface area contributed by atoms with Crippen molar-refractivity contribution in [3.63, 3.8) is 0 Å². The Bertz CT molecular complexity index is 692. The summed E-state index contributed by atoms with van der Waals surface area (Å²) in [6.45, 7) is 1.84. The van der Waals surface area contributed by atoms with Crippen molar-refractivity contribution >= 4 is 17.6 Å². The van der Waals surface area contributed by atoms with E-state index in [1.165, 1.54) is 17.0 Å². The minimum Gasteiger partial charge on any atom is -0.456 e. The maximum atomic E-state index is 12.2. The highest BCUT2D eigenvalue weighted by Crippen LogP contribution is 2.38. The number of fused-ring (bicyclic) bond motifs is 1. The van der Waals surface area contributed by atoms with Crippen LogP contribution in [0.5, 0.6) is 0 Å². The van der Waals surface area contributed by atoms with Crippen molar-refractivity contribution in [2.45, 2.75) is 32.4 Å². The van der Waals surface area contributed by atoms with Gasteiger partial charge in [0.05, 0.1) is 4.92 Å². The third kappa shape index (κ3) is 2.34. The molecule has 2 aliphatic heterocycles. The summed E-state index contributed by atoms with van der Waals surface area (Å²) in [5.74, 6) is -0.574. The molecule has 1 atom stereocenters. The van der Waals surface area contributed by atoms with Crippen LogP contribution in [0.15, 0.2) is 35.5 Å². The first-order valence-corrected chi connectivity index (χ1v) is 6.89. The lowest BCUT2D eigenvalue weighted by Crippen LogP contribution is -2.49. The highest BCUT2D eigenvalue weighted by molar-refractivity contribution is 5.99. The Hall–Kier alpha value is -2.70. The molecule has 7 nitrogen and oxygen atoms in total. The Labute approximate surface area is 126 Å². The lowest BCUT2D eigenvalue weighted by Gasteiger charge is -2.35. The summed E-state index contributed by atoms with van der Waals surface area (Å²) in [6, 6.07) is 5.91. The van der Waals surface area contributed by atoms with Crippen LogP contribution in [-0.4, -0.2) is 27.7 Å². The minimum absolute atomic E-state index is 0.0142. The number of hydrogen-bond acceptors (Lipinski definition) is 5. The molecule has 0 aromatic heterocycles. The van der Waals surface area contributed by atoms with Gasteiger partial charge < -0.3 is 9.64 Å². The van der Waals surface area contributed by atoms with Crippen LogP contribution >= 0.6 is 0 Å². The molecule has 2 aliphatic rings. The summed E-state index contributed by atoms with van der Waals surface area (Å²) in [5.41, 5.74) is 1.85. The molecule has 1 amide bonds. The van der Waals surface area contributed by atoms with E-state index in [4.69, 9.17) is 4.74 Å². The Morgan fingerprint density at radius 3 is 2.64 bits per heavy atom. The summed E-state index contributed by atoms with van der Waals surface area (Å²) in [4.78, 5) is 35.3. The second-order valence-electron chi connectivity index (χ2n) is 5.45. The lowest BCUT2D eigenvalue weighted by molar-refractivity contribution is -0.384. The first-order valence-electron chi connectivity index (χ1n) is 6.89. The van der Waals surface area contributed by atoms with Gasteiger partial charge >= 0.3 is 5.97 Å². The van der Waals surface area contributed by atoms with Gasteiger partial charge in [0.25, 0.3) is 5.69 Å². The van der Waals surface area contributed by atoms with Gasteiger partial charge in [-0.2, -0.15) is 0 Å². The molecule has 0 spiro atoms. The number of non-ortho nitro benzene ring substituents is 1. The lowest BCUT2D eigenvalue weighted by atomic mass is 10.0. The first-order chi connectivity index (χ1) is 10.5. The van der Waals surface area contributed by atoms with Crippen molar-refractivity contribution < 1.29 is 19.2 Å². The normalized spacial score (nSPS) is 19.8. The van der Waals surface area contributed by atoms with E-state index in [1.54, 1.807) is 12.1 Å². The van der Waals surface area contributed by atoms with Gasteiger partial charge in [0, 0.05) is 24.6 Å². The molecule has 0 aliphatic carbocycles. The van der Waals surface area contributed by atoms with Crippen LogP contribution in [0.25, 0.3) is 0 Å². The van der Waals surface area contributed by atoms with E-state index >= 15 is 0 Å². The van der Waals surface area contributed by atoms with Crippen LogP contribution in [0, 0.1) is 10.1 Å². The summed E-state index contributed by atoms with van der Waals surface area (Å²) >= 11 is 0. The zero-order valence-corrected chi connectivity index (χ0v) is 11.9. The van der Waals surface area contributed by atoms with Gasteiger partial charge in [0.2, 0.25) is 5.91 Å². The average molecular weight is 302 g/mol. The minimum atomic E-state index is -0.522. The number of carbonyl (C=O) groups is 2. The second-order valence-corrected chi connectivity index (χ2v) is 5.45. The number of nitro benzene ring substituents is 1. The summed E-state index contributed by atoms with van der Waals surface area (Å²) < 4.78 is 5.22. The number of nitro groups is 1. The van der Waals surface area contributed by atoms with E-state index in [0.717, 1.165) is 5.57 Å². The number of hydrogen-bond donors (Lipinski definition) is 0. The quantitative estimate of drug-likeness (QED) is 0.367. The van der Waals surface area contributed by atoms with Crippen molar-refractivity contribution in [1.82, 2.24) is 4.90 Å². The average Bonchev–Trinajstić information content (AvgIpc) is 2.76. The number of β-lactam (4-membered cyclic amide) rings is 1. The van der Waals surface area contributed by atoms with Crippen molar-refractivity contribution in [2.24, 2.45) is 0 Å². The number of amides is 1. The molecule has 2 heterocycles. The Morgan fingerprint density at radius 2 is 2.05 bits per heavy atom. The van der Waals surface area contributed by atoms with E-state index < -0.39 is 10.9 Å². The van der Waals surface area contributed by atoms with Gasteiger partial charge in [-0.25, -0.2) is 4.79 Å². The number of rotatable bonds is 4. The molecule has 3 rings (SSSR count). The maximum absolute atomic E-state index is 12.2. The Kier molecular flexibility index (Phi) is 3.40. The molecule has 0 saturated carbocycles. The largest absolute Gasteiger partial charge is 0.456 e. The number of benzene rings is 1. The van der Waals surface area contributed by atoms with E-state index in [2.05, 4.69) is 0 Å². The summed E-state index contributed by atoms with van der Waals surface area (Å²) in [5, 5.41) is 10.6. The van der Waals surface area contributed by atoms with E-state index in [-0.39, 0.29) is 24.2 Å². The Balaban J connectivity index is 1.64. The second kappa shape index (κ2) is 5.25. The van der Waals surface area contributed by atoms with Crippen LogP contribution in [0.2, 0.25) is 0 Å². The Morgan fingerprint density at radius 1 is 1.36 bits per heavy atom. The highest BCUT2D eigenvalue weighted by Gasteiger charge is 2.46. The molecule has 0 N–H and O–H groups in total. The SMILES string of the molecule is CC1=C(C(=O)OCc2ccc([N+](=O)[O-])cc2)N2C(=O)C[C@H]2C1. The number of ether oxygens (including phenoxy) is 1. The molecule has 7 heteroatoms. The molecule has 1 aromatic rings. The summed E-state index contributed by atoms with van der Waals surface area (Å²) in [6.07, 6.45) is 1.20. The van der Waals surface area contributed by atoms with Crippen molar-refractivity contribution in [3.8, 4) is 0 Å². The monoisotopic (exact) mass is 302 g/mol. The number of esters is 1. The molecule has 1 aromatic carbocycles. The predicted octanol–water partition coefficient (Wildman–Crippen LogP) is 1.92. The predicted molar refractivity (Wildman–Crippen MR) is 75.5 cm³/mol. The molecule has 0 radical (unpaired) electrons. The van der Waals surface area contributed by atoms with Crippen LogP contribution in [-0.2, 0) is 20.9 Å². The van der Waals surface area contributed by atoms with Crippen molar-refractivity contribution in [3.05, 3.63) is 51.2 Å². The van der Waals surface area contributed by atoms with Crippen LogP contribution in [0.1, 0.15) is 25.3 Å². The highest BCUT2D eigenvalue weighted by atomic mass is 16.6. The fourth-order valence-electron chi connectivity index (χ4n) is 2.81. The zero-order valence-electron chi connectivity index (χ0n) is 11.9. The molecule has 114 valence electrons. The van der Waals surface area contributed by atoms with Crippen LogP contribution < -0.4 is 0 Å². The van der Waals surface area contributed by atoms with Crippen LogP contribution in [0.4, 0.5) is 5.69 Å². The molecular formula is C15H14N2O5. The zero-order chi connectivity index (χ0) is 15.9. The van der Waals surface area contributed by atoms with Crippen molar-refractivity contribution in [2.75, 3.05) is 0 Å². The smallest absolute Gasteiger partial charge is 0.355 e. The van der Waals surface area contributed by atoms with Crippen molar-refractivity contribution in [1.29, 1.82) is 0 Å². The molecule has 1 saturated heterocycles. The van der Waals surface area contributed by atoms with Crippen LogP contribution in [0.3, 0.4) is 0 Å². The van der Waals surface area contributed by atoms with Gasteiger partial charge in [-0.05, 0) is 36.6 Å². The molecule has 22 heavy (non-hydrogen) atoms. The fraction of sp³-hybridized carbons (Fsp3) is 0.333. The van der Waals surface area contributed by atoms with E-state index in [9.17, 15) is 19.7 Å². The maximum Gasteiger partial charge on any atom is 0.355 e. The third-order valence-corrected chi connectivity index (χ3v) is 3.94. The van der Waals surface area contributed by atoms with E-state index in [0.29, 0.717) is 24.1 Å². The molecule has 0 unspecified atom stereocenters. The number of nitrogens with zero attached hydrogens (tertiary/aromatic N) is 2. The molecular weight excluding hydrogens is 288 g/mol. The van der Waals surface area contributed by atoms with E-state index in [1.807, 2.05) is 6.92 Å². The van der Waals surface area contributed by atoms with Gasteiger partial charge in [-0.15, -0.1) is 0 Å². The topological polar surface area (TPSA) is 89.8 Å².